The van der Waals surface area contributed by atoms with Crippen LogP contribution in [0.15, 0.2) is 41.9 Å². The van der Waals surface area contributed by atoms with Gasteiger partial charge in [-0.15, -0.1) is 11.3 Å². The minimum Gasteiger partial charge on any atom is -0.462 e. The zero-order valence-electron chi connectivity index (χ0n) is 37.9. The Bertz CT molecular complexity index is 2340. The lowest BCUT2D eigenvalue weighted by Gasteiger charge is -2.40. The zero-order chi connectivity index (χ0) is 45.4. The molecule has 16 nitrogen and oxygen atoms in total. The van der Waals surface area contributed by atoms with Crippen molar-refractivity contribution in [3.05, 3.63) is 58.2 Å². The Morgan fingerprint density at radius 2 is 1.95 bits per heavy atom. The fraction of sp³-hybridized carbons (Fsp3) is 0.565. The maximum atomic E-state index is 14.6. The van der Waals surface area contributed by atoms with Gasteiger partial charge >= 0.3 is 12.0 Å². The number of morpholine rings is 1. The van der Waals surface area contributed by atoms with E-state index < -0.39 is 41.0 Å². The van der Waals surface area contributed by atoms with E-state index in [1.54, 1.807) is 25.3 Å². The molecule has 7 rings (SSSR count). The van der Waals surface area contributed by atoms with Gasteiger partial charge in [0.25, 0.3) is 5.91 Å². The van der Waals surface area contributed by atoms with E-state index in [1.807, 2.05) is 59.1 Å². The number of hydrogen-bond donors (Lipinski definition) is 3. The van der Waals surface area contributed by atoms with Gasteiger partial charge in [-0.25, -0.2) is 14.6 Å². The first-order valence-corrected chi connectivity index (χ1v) is 22.8. The number of carbonyl (C=O) groups is 4. The van der Waals surface area contributed by atoms with E-state index in [-0.39, 0.29) is 56.6 Å². The van der Waals surface area contributed by atoms with Crippen LogP contribution in [-0.2, 0) is 48.0 Å². The summed E-state index contributed by atoms with van der Waals surface area (Å²) in [4.78, 5) is 69.5. The summed E-state index contributed by atoms with van der Waals surface area (Å²) in [5.41, 5.74) is 6.34. The van der Waals surface area contributed by atoms with Crippen LogP contribution >= 0.6 is 11.3 Å². The van der Waals surface area contributed by atoms with Gasteiger partial charge in [0, 0.05) is 92.2 Å². The van der Waals surface area contributed by atoms with E-state index in [0.29, 0.717) is 43.4 Å². The highest BCUT2D eigenvalue weighted by Gasteiger charge is 2.46. The number of aryl methyl sites for hydroxylation is 1. The molecule has 3 aromatic heterocycles. The van der Waals surface area contributed by atoms with Gasteiger partial charge in [-0.2, -0.15) is 5.43 Å². The lowest BCUT2D eigenvalue weighted by molar-refractivity contribution is -0.189. The number of rotatable bonds is 8. The molecule has 340 valence electrons. The van der Waals surface area contributed by atoms with Gasteiger partial charge in [-0.05, 0) is 69.4 Å². The predicted octanol–water partition coefficient (Wildman–Crippen LogP) is 5.32. The van der Waals surface area contributed by atoms with Crippen LogP contribution in [0, 0.1) is 11.3 Å². The second-order valence-electron chi connectivity index (χ2n) is 18.2. The summed E-state index contributed by atoms with van der Waals surface area (Å²) < 4.78 is 19.7. The Hall–Kier alpha value is -4.94. The zero-order valence-corrected chi connectivity index (χ0v) is 38.7. The highest BCUT2D eigenvalue weighted by Crippen LogP contribution is 2.42. The fourth-order valence-corrected chi connectivity index (χ4v) is 9.97. The summed E-state index contributed by atoms with van der Waals surface area (Å²) in [5.74, 6) is -2.30. The number of hydrogen-bond acceptors (Lipinski definition) is 12. The number of fused-ring (bicyclic) bond motifs is 6. The smallest absolute Gasteiger partial charge is 0.355 e. The SMILES string of the molecule is CCn1c(-c2cccnc2[C@H](C)OC)c2c3cc(ccc31)-c1csc(n1)C[C@H](NC(=O)[C@H](C(C)C)N(C)C(=O)N1CCO[C@H](C)C1)C(=O)N1CCC[C@@](O)(N1)C(=O)OCC(C)(C)C2. The first-order valence-electron chi connectivity index (χ1n) is 22.0. The quantitative estimate of drug-likeness (QED) is 0.195. The monoisotopic (exact) mass is 886 g/mol. The number of likely N-dealkylation sites (N-methyl/N-ethyl adjacent to an activating group) is 1. The molecule has 3 aliphatic rings. The van der Waals surface area contributed by atoms with Crippen LogP contribution in [0.2, 0.25) is 0 Å². The number of thiazole rings is 1. The molecule has 0 aliphatic carbocycles. The number of aromatic nitrogens is 3. The lowest BCUT2D eigenvalue weighted by atomic mass is 9.84. The van der Waals surface area contributed by atoms with Gasteiger partial charge in [-0.1, -0.05) is 33.8 Å². The van der Waals surface area contributed by atoms with Crippen molar-refractivity contribution in [2.75, 3.05) is 47.0 Å². The third kappa shape index (κ3) is 9.48. The maximum Gasteiger partial charge on any atom is 0.355 e. The molecule has 63 heavy (non-hydrogen) atoms. The van der Waals surface area contributed by atoms with E-state index in [0.717, 1.165) is 39.0 Å². The largest absolute Gasteiger partial charge is 0.462 e. The van der Waals surface area contributed by atoms with Gasteiger partial charge < -0.3 is 39.0 Å². The van der Waals surface area contributed by atoms with E-state index in [4.69, 9.17) is 24.2 Å². The highest BCUT2D eigenvalue weighted by molar-refractivity contribution is 7.10. The second kappa shape index (κ2) is 18.6. The third-order valence-corrected chi connectivity index (χ3v) is 13.3. The van der Waals surface area contributed by atoms with Crippen molar-refractivity contribution in [2.45, 2.75) is 111 Å². The number of carbonyl (C=O) groups excluding carboxylic acids is 4. The number of pyridine rings is 1. The molecule has 0 radical (unpaired) electrons. The second-order valence-corrected chi connectivity index (χ2v) is 19.1. The van der Waals surface area contributed by atoms with Crippen LogP contribution in [0.5, 0.6) is 0 Å². The average molecular weight is 887 g/mol. The summed E-state index contributed by atoms with van der Waals surface area (Å²) in [5, 5.41) is 19.5. The van der Waals surface area contributed by atoms with Crippen LogP contribution in [0.3, 0.4) is 0 Å². The van der Waals surface area contributed by atoms with Gasteiger partial charge in [0.1, 0.15) is 12.1 Å². The van der Waals surface area contributed by atoms with Gasteiger partial charge in [-0.3, -0.25) is 19.6 Å². The number of nitrogens with zero attached hydrogens (tertiary/aromatic N) is 6. The number of urea groups is 1. The number of aliphatic hydroxyl groups is 1. The molecule has 1 aromatic carbocycles. The van der Waals surface area contributed by atoms with Crippen molar-refractivity contribution >= 4 is 46.1 Å². The standard InChI is InChI=1S/C46H62N8O8S/c1-10-53-36-15-14-30-21-32(36)33(40(53)31-13-11-17-47-38(31)29(5)60-9)23-45(6,7)26-62-43(57)46(59)16-12-18-54(50-46)42(56)34(22-37-48-35(30)25-63-37)49-41(55)39(27(2)3)51(8)44(58)52-19-20-61-28(4)24-52/h11,13-15,17,21,25,27-29,34,39,50,59H,10,12,16,18-20,22-24,26H2,1-9H3,(H,49,55)/t28-,29+,34+,39+,46+/m1/s1. The fourth-order valence-electron chi connectivity index (χ4n) is 9.12. The molecule has 6 bridgehead atoms. The molecule has 0 spiro atoms. The van der Waals surface area contributed by atoms with Gasteiger partial charge in [0.15, 0.2) is 0 Å². The number of hydrazine groups is 1. The number of nitrogens with one attached hydrogen (secondary N) is 2. The summed E-state index contributed by atoms with van der Waals surface area (Å²) in [6, 6.07) is 7.88. The molecule has 2 saturated heterocycles. The third-order valence-electron chi connectivity index (χ3n) is 12.4. The van der Waals surface area contributed by atoms with Crippen LogP contribution in [0.4, 0.5) is 4.79 Å². The minimum atomic E-state index is -2.21. The topological polar surface area (TPSA) is 181 Å². The number of methoxy groups -OCH3 is 1. The number of cyclic esters (lactones) is 1. The first-order chi connectivity index (χ1) is 29.9. The van der Waals surface area contributed by atoms with Crippen LogP contribution in [0.25, 0.3) is 33.4 Å². The minimum absolute atomic E-state index is 0.00375. The first kappa shape index (κ1) is 46.1. The molecule has 17 heteroatoms. The van der Waals surface area contributed by atoms with Crippen molar-refractivity contribution in [3.63, 3.8) is 0 Å². The Labute approximate surface area is 373 Å². The molecular weight excluding hydrogens is 825 g/mol. The van der Waals surface area contributed by atoms with Crippen LogP contribution in [-0.4, -0.2) is 129 Å². The number of benzene rings is 1. The molecule has 5 atom stereocenters. The summed E-state index contributed by atoms with van der Waals surface area (Å²) in [6.45, 7) is 15.7. The molecular formula is C46H62N8O8S. The molecule has 6 heterocycles. The van der Waals surface area contributed by atoms with E-state index in [1.165, 1.54) is 21.2 Å². The molecule has 2 fully saturated rings. The van der Waals surface area contributed by atoms with Crippen molar-refractivity contribution in [2.24, 2.45) is 11.3 Å². The Balaban J connectivity index is 1.30. The van der Waals surface area contributed by atoms with Crippen molar-refractivity contribution < 1.29 is 38.5 Å². The number of ether oxygens (including phenoxy) is 3. The lowest BCUT2D eigenvalue weighted by Crippen LogP contribution is -2.67. The van der Waals surface area contributed by atoms with Crippen molar-refractivity contribution in [1.82, 2.24) is 40.1 Å². The molecule has 4 amide bonds. The summed E-state index contributed by atoms with van der Waals surface area (Å²) >= 11 is 1.37. The number of amides is 4. The van der Waals surface area contributed by atoms with Crippen molar-refractivity contribution in [1.29, 1.82) is 0 Å². The Morgan fingerprint density at radius 3 is 2.67 bits per heavy atom. The van der Waals surface area contributed by atoms with Gasteiger partial charge in [0.05, 0.1) is 47.5 Å². The predicted molar refractivity (Wildman–Crippen MR) is 239 cm³/mol. The van der Waals surface area contributed by atoms with Crippen LogP contribution in [0.1, 0.15) is 83.7 Å². The van der Waals surface area contributed by atoms with Crippen molar-refractivity contribution in [3.8, 4) is 22.5 Å². The molecule has 4 aromatic rings. The average Bonchev–Trinajstić information content (AvgIpc) is 3.85. The van der Waals surface area contributed by atoms with Crippen LogP contribution < -0.4 is 10.7 Å². The van der Waals surface area contributed by atoms with E-state index in [2.05, 4.69) is 40.4 Å². The normalized spacial score (nSPS) is 23.0. The number of esters is 1. The Morgan fingerprint density at radius 1 is 1.17 bits per heavy atom. The molecule has 3 aliphatic heterocycles. The molecule has 3 N–H and O–H groups in total. The maximum absolute atomic E-state index is 14.6. The van der Waals surface area contributed by atoms with Gasteiger partial charge in [0.2, 0.25) is 11.6 Å². The Kier molecular flexibility index (Phi) is 13.6. The summed E-state index contributed by atoms with van der Waals surface area (Å²) in [7, 11) is 3.27. The highest BCUT2D eigenvalue weighted by atomic mass is 32.1. The van der Waals surface area contributed by atoms with E-state index in [9.17, 15) is 24.3 Å². The summed E-state index contributed by atoms with van der Waals surface area (Å²) in [6.07, 6.45) is 2.15. The molecule has 0 unspecified atom stereocenters. The molecule has 0 saturated carbocycles. The van der Waals surface area contributed by atoms with E-state index >= 15 is 0 Å².